The van der Waals surface area contributed by atoms with Crippen LogP contribution >= 0.6 is 11.3 Å². The second kappa shape index (κ2) is 11.4. The van der Waals surface area contributed by atoms with Crippen molar-refractivity contribution in [1.29, 1.82) is 0 Å². The van der Waals surface area contributed by atoms with Crippen molar-refractivity contribution < 1.29 is 19.0 Å². The third-order valence-corrected chi connectivity index (χ3v) is 6.69. The number of rotatable bonds is 10. The van der Waals surface area contributed by atoms with E-state index < -0.39 is 0 Å². The number of aromatic nitrogens is 2. The number of fused-ring (bicyclic) bond motifs is 1. The molecule has 9 heteroatoms. The number of hydrogen-bond acceptors (Lipinski definition) is 8. The highest BCUT2D eigenvalue weighted by atomic mass is 32.1. The number of benzene rings is 1. The summed E-state index contributed by atoms with van der Waals surface area (Å²) < 4.78 is 17.4. The van der Waals surface area contributed by atoms with E-state index in [9.17, 15) is 4.79 Å². The Hall–Kier alpha value is -3.07. The monoisotopic (exact) mass is 484 g/mol. The third kappa shape index (κ3) is 5.52. The van der Waals surface area contributed by atoms with Crippen LogP contribution in [-0.4, -0.2) is 48.8 Å². The maximum absolute atomic E-state index is 13.1. The molecule has 4 rings (SSSR count). The van der Waals surface area contributed by atoms with Crippen LogP contribution in [0.15, 0.2) is 30.5 Å². The molecule has 34 heavy (non-hydrogen) atoms. The van der Waals surface area contributed by atoms with E-state index in [1.807, 2.05) is 45.0 Å². The molecule has 0 spiro atoms. The Bertz CT molecular complexity index is 1060. The van der Waals surface area contributed by atoms with Gasteiger partial charge >= 0.3 is 0 Å². The number of hydrogen-bond donors (Lipinski definition) is 1. The molecule has 1 aromatic carbocycles. The molecule has 1 amide bonds. The molecule has 1 unspecified atom stereocenters. The van der Waals surface area contributed by atoms with Gasteiger partial charge in [-0.3, -0.25) is 4.79 Å². The van der Waals surface area contributed by atoms with E-state index in [0.29, 0.717) is 50.2 Å². The summed E-state index contributed by atoms with van der Waals surface area (Å²) in [7, 11) is 0. The molecule has 1 aliphatic heterocycles. The molecule has 0 aliphatic carbocycles. The summed E-state index contributed by atoms with van der Waals surface area (Å²) in [6.45, 7) is 9.29. The molecule has 8 nitrogen and oxygen atoms in total. The van der Waals surface area contributed by atoms with E-state index in [4.69, 9.17) is 19.2 Å². The van der Waals surface area contributed by atoms with Crippen molar-refractivity contribution in [2.45, 2.75) is 40.2 Å². The van der Waals surface area contributed by atoms with Crippen LogP contribution in [0.4, 0.5) is 5.13 Å². The average Bonchev–Trinajstić information content (AvgIpc) is 3.29. The molecule has 1 saturated heterocycles. The van der Waals surface area contributed by atoms with Crippen LogP contribution in [-0.2, 0) is 11.3 Å². The number of pyridine rings is 1. The number of amides is 1. The first-order valence-corrected chi connectivity index (χ1v) is 12.7. The number of nitrogens with zero attached hydrogens (tertiary/aromatic N) is 3. The molecule has 3 heterocycles. The van der Waals surface area contributed by atoms with Crippen LogP contribution in [0, 0.1) is 5.92 Å². The Morgan fingerprint density at radius 3 is 2.56 bits per heavy atom. The van der Waals surface area contributed by atoms with Gasteiger partial charge in [0.25, 0.3) is 0 Å². The maximum atomic E-state index is 13.1. The van der Waals surface area contributed by atoms with Crippen molar-refractivity contribution in [2.75, 3.05) is 37.8 Å². The van der Waals surface area contributed by atoms with Gasteiger partial charge in [-0.05, 0) is 63.4 Å². The lowest BCUT2D eigenvalue weighted by atomic mass is 9.97. The van der Waals surface area contributed by atoms with E-state index in [2.05, 4.69) is 15.2 Å². The Labute approximate surface area is 204 Å². The van der Waals surface area contributed by atoms with Gasteiger partial charge in [-0.15, -0.1) is 0 Å². The number of thiazole rings is 1. The number of piperidine rings is 1. The quantitative estimate of drug-likeness (QED) is 0.456. The first kappa shape index (κ1) is 24.1. The molecule has 2 aromatic heterocycles. The zero-order valence-corrected chi connectivity index (χ0v) is 20.8. The van der Waals surface area contributed by atoms with Crippen LogP contribution < -0.4 is 24.4 Å². The molecular formula is C25H32N4O4S. The van der Waals surface area contributed by atoms with Gasteiger partial charge in [0.1, 0.15) is 10.3 Å². The molecule has 1 fully saturated rings. The largest absolute Gasteiger partial charge is 0.490 e. The lowest BCUT2D eigenvalue weighted by Crippen LogP contribution is -2.42. The van der Waals surface area contributed by atoms with E-state index in [-0.39, 0.29) is 11.8 Å². The summed E-state index contributed by atoms with van der Waals surface area (Å²) in [6.07, 6.45) is 3.60. The molecule has 1 N–H and O–H groups in total. The molecule has 182 valence electrons. The van der Waals surface area contributed by atoms with Crippen molar-refractivity contribution in [3.8, 4) is 17.2 Å². The normalized spacial score (nSPS) is 15.9. The van der Waals surface area contributed by atoms with Crippen molar-refractivity contribution in [3.63, 3.8) is 0 Å². The highest BCUT2D eigenvalue weighted by molar-refractivity contribution is 7.21. The topological polar surface area (TPSA) is 85.8 Å². The summed E-state index contributed by atoms with van der Waals surface area (Å²) >= 11 is 1.58. The van der Waals surface area contributed by atoms with Crippen molar-refractivity contribution >= 4 is 32.7 Å². The lowest BCUT2D eigenvalue weighted by Gasteiger charge is -2.31. The zero-order valence-electron chi connectivity index (χ0n) is 20.0. The molecule has 3 aromatic rings. The standard InChI is InChI=1S/C25H32N4O4S/c1-4-31-20-13-17(14-21(32-5-2)22(20)33-6-3)15-27-23(30)18-9-8-12-29(16-18)25-28-19-10-7-11-26-24(19)34-25/h7,10-11,13-14,18H,4-6,8-9,12,15-16H2,1-3H3,(H,27,30). The summed E-state index contributed by atoms with van der Waals surface area (Å²) in [5.41, 5.74) is 1.81. The number of ether oxygens (including phenoxy) is 3. The highest BCUT2D eigenvalue weighted by Crippen LogP contribution is 2.39. The Kier molecular flexibility index (Phi) is 8.05. The minimum absolute atomic E-state index is 0.0498. The smallest absolute Gasteiger partial charge is 0.225 e. The Morgan fingerprint density at radius 1 is 1.15 bits per heavy atom. The third-order valence-electron chi connectivity index (χ3n) is 5.65. The van der Waals surface area contributed by atoms with Gasteiger partial charge in [0, 0.05) is 25.8 Å². The molecule has 1 atom stereocenters. The van der Waals surface area contributed by atoms with Gasteiger partial charge in [0.2, 0.25) is 11.7 Å². The van der Waals surface area contributed by atoms with Crippen LogP contribution in [0.2, 0.25) is 0 Å². The van der Waals surface area contributed by atoms with Gasteiger partial charge in [-0.2, -0.15) is 0 Å². The predicted octanol–water partition coefficient (Wildman–Crippen LogP) is 4.42. The summed E-state index contributed by atoms with van der Waals surface area (Å²) in [4.78, 5) is 25.3. The van der Waals surface area contributed by atoms with E-state index in [1.54, 1.807) is 17.5 Å². The average molecular weight is 485 g/mol. The van der Waals surface area contributed by atoms with Crippen molar-refractivity contribution in [2.24, 2.45) is 5.92 Å². The van der Waals surface area contributed by atoms with Gasteiger partial charge in [0.05, 0.1) is 25.7 Å². The first-order valence-electron chi connectivity index (χ1n) is 11.9. The molecule has 1 aliphatic rings. The lowest BCUT2D eigenvalue weighted by molar-refractivity contribution is -0.125. The van der Waals surface area contributed by atoms with Gasteiger partial charge in [-0.25, -0.2) is 9.97 Å². The molecule has 0 radical (unpaired) electrons. The van der Waals surface area contributed by atoms with Gasteiger partial charge < -0.3 is 24.4 Å². The van der Waals surface area contributed by atoms with Gasteiger partial charge in [-0.1, -0.05) is 11.3 Å². The minimum Gasteiger partial charge on any atom is -0.490 e. The zero-order chi connectivity index (χ0) is 23.9. The number of anilines is 1. The predicted molar refractivity (Wildman–Crippen MR) is 134 cm³/mol. The molecule has 0 saturated carbocycles. The summed E-state index contributed by atoms with van der Waals surface area (Å²) in [5.74, 6) is 1.83. The van der Waals surface area contributed by atoms with Crippen LogP contribution in [0.5, 0.6) is 17.2 Å². The van der Waals surface area contributed by atoms with Crippen molar-refractivity contribution in [3.05, 3.63) is 36.0 Å². The van der Waals surface area contributed by atoms with E-state index in [1.165, 1.54) is 0 Å². The summed E-state index contributed by atoms with van der Waals surface area (Å²) in [5, 5.41) is 4.04. The van der Waals surface area contributed by atoms with Crippen molar-refractivity contribution in [1.82, 2.24) is 15.3 Å². The maximum Gasteiger partial charge on any atom is 0.225 e. The number of carbonyl (C=O) groups is 1. The SMILES string of the molecule is CCOc1cc(CNC(=O)C2CCCN(c3nc4cccnc4s3)C2)cc(OCC)c1OCC. The molecule has 0 bridgehead atoms. The Balaban J connectivity index is 1.43. The Morgan fingerprint density at radius 2 is 1.88 bits per heavy atom. The first-order chi connectivity index (χ1) is 16.6. The minimum atomic E-state index is -0.0888. The van der Waals surface area contributed by atoms with Crippen LogP contribution in [0.25, 0.3) is 10.3 Å². The fourth-order valence-electron chi connectivity index (χ4n) is 4.14. The number of carbonyl (C=O) groups excluding carboxylic acids is 1. The highest BCUT2D eigenvalue weighted by Gasteiger charge is 2.27. The summed E-state index contributed by atoms with van der Waals surface area (Å²) in [6, 6.07) is 7.70. The van der Waals surface area contributed by atoms with Crippen LogP contribution in [0.3, 0.4) is 0 Å². The number of nitrogens with one attached hydrogen (secondary N) is 1. The second-order valence-electron chi connectivity index (χ2n) is 8.05. The molecular weight excluding hydrogens is 452 g/mol. The fourth-order valence-corrected chi connectivity index (χ4v) is 5.08. The fraction of sp³-hybridized carbons (Fsp3) is 0.480. The van der Waals surface area contributed by atoms with Crippen LogP contribution in [0.1, 0.15) is 39.2 Å². The van der Waals surface area contributed by atoms with Gasteiger partial charge in [0.15, 0.2) is 16.6 Å². The van der Waals surface area contributed by atoms with E-state index in [0.717, 1.165) is 40.4 Å². The second-order valence-corrected chi connectivity index (χ2v) is 9.00. The van der Waals surface area contributed by atoms with E-state index >= 15 is 0 Å².